The maximum atomic E-state index is 11.9. The van der Waals surface area contributed by atoms with Gasteiger partial charge in [0.25, 0.3) is 0 Å². The Bertz CT molecular complexity index is 1760. The highest BCUT2D eigenvalue weighted by Gasteiger charge is 2.35. The zero-order valence-corrected chi connectivity index (χ0v) is 46.3. The van der Waals surface area contributed by atoms with Crippen LogP contribution in [0.25, 0.3) is 0 Å². The molecule has 12 heteroatoms. The van der Waals surface area contributed by atoms with Gasteiger partial charge in [0.1, 0.15) is 46.0 Å². The molecule has 0 saturated heterocycles. The Labute approximate surface area is 435 Å². The van der Waals surface area contributed by atoms with E-state index < -0.39 is 23.7 Å². The third kappa shape index (κ3) is 13.2. The molecule has 0 amide bonds. The average Bonchev–Trinajstić information content (AvgIpc) is 3.24. The molecule has 0 saturated carbocycles. The minimum Gasteiger partial charge on any atom is -0.508 e. The predicted molar refractivity (Wildman–Crippen MR) is 294 cm³/mol. The Morgan fingerprint density at radius 2 is 0.469 bits per heavy atom. The van der Waals surface area contributed by atoms with Crippen LogP contribution >= 0.6 is 90.4 Å². The first kappa shape index (κ1) is 53.2. The molecule has 64 heavy (non-hydrogen) atoms. The van der Waals surface area contributed by atoms with Crippen molar-refractivity contribution in [2.24, 2.45) is 23.7 Å². The van der Waals surface area contributed by atoms with Crippen LogP contribution in [-0.4, -0.2) is 58.6 Å². The van der Waals surface area contributed by atoms with Crippen molar-refractivity contribution < 1.29 is 40.9 Å². The third-order valence-electron chi connectivity index (χ3n) is 13.6. The second kappa shape index (κ2) is 25.0. The van der Waals surface area contributed by atoms with E-state index in [1.165, 1.54) is 24.3 Å². The number of fused-ring (bicyclic) bond motifs is 8. The minimum absolute atomic E-state index is 0.125. The summed E-state index contributed by atoms with van der Waals surface area (Å²) in [6.07, 6.45) is 9.79. The lowest BCUT2D eigenvalue weighted by Crippen LogP contribution is -2.15. The van der Waals surface area contributed by atoms with E-state index in [9.17, 15) is 40.9 Å². The second-order valence-electron chi connectivity index (χ2n) is 18.8. The molecule has 8 bridgehead atoms. The van der Waals surface area contributed by atoms with Gasteiger partial charge in [-0.3, -0.25) is 0 Å². The van der Waals surface area contributed by atoms with Gasteiger partial charge in [-0.15, -0.1) is 0 Å². The molecule has 0 spiro atoms. The van der Waals surface area contributed by atoms with Crippen molar-refractivity contribution in [2.75, 3.05) is 17.7 Å². The summed E-state index contributed by atoms with van der Waals surface area (Å²) in [4.78, 5) is 0. The van der Waals surface area contributed by atoms with E-state index in [1.807, 2.05) is 24.3 Å². The maximum Gasteiger partial charge on any atom is 0.123 e. The Hall–Kier alpha value is -1.80. The smallest absolute Gasteiger partial charge is 0.123 e. The van der Waals surface area contributed by atoms with E-state index in [0.29, 0.717) is 70.2 Å². The predicted octanol–water partition coefficient (Wildman–Crippen LogP) is 15.1. The normalized spacial score (nSPS) is 19.2. The number of phenols is 8. The highest BCUT2D eigenvalue weighted by Crippen LogP contribution is 2.53. The molecule has 4 atom stereocenters. The van der Waals surface area contributed by atoms with Crippen LogP contribution in [0.3, 0.4) is 0 Å². The van der Waals surface area contributed by atoms with Crippen LogP contribution in [-0.2, 0) is 0 Å². The van der Waals surface area contributed by atoms with Crippen molar-refractivity contribution in [1.29, 1.82) is 0 Å². The Morgan fingerprint density at radius 1 is 0.312 bits per heavy atom. The molecule has 5 rings (SSSR count). The molecule has 8 N–H and O–H groups in total. The lowest BCUT2D eigenvalue weighted by Gasteiger charge is -2.31. The van der Waals surface area contributed by atoms with Crippen molar-refractivity contribution in [3.05, 3.63) is 93.0 Å². The fraction of sp³-hybridized carbons (Fsp3) is 0.538. The topological polar surface area (TPSA) is 162 Å². The van der Waals surface area contributed by atoms with Crippen molar-refractivity contribution in [2.45, 2.75) is 128 Å². The van der Waals surface area contributed by atoms with Gasteiger partial charge in [0.2, 0.25) is 0 Å². The van der Waals surface area contributed by atoms with Gasteiger partial charge in [-0.25, -0.2) is 0 Å². The van der Waals surface area contributed by atoms with Crippen LogP contribution in [0.2, 0.25) is 0 Å². The molecule has 0 fully saturated rings. The number of halogens is 4. The first-order chi connectivity index (χ1) is 30.5. The van der Waals surface area contributed by atoms with Crippen molar-refractivity contribution in [1.82, 2.24) is 0 Å². The monoisotopic (exact) mass is 1330 g/mol. The van der Waals surface area contributed by atoms with Gasteiger partial charge in [0, 0.05) is 92.4 Å². The van der Waals surface area contributed by atoms with Gasteiger partial charge in [0.05, 0.1) is 0 Å². The number of alkyl halides is 4. The number of hydrogen-bond acceptors (Lipinski definition) is 8. The van der Waals surface area contributed by atoms with E-state index >= 15 is 0 Å². The third-order valence-corrected chi connectivity index (χ3v) is 16.6. The quantitative estimate of drug-likeness (QED) is 0.0320. The van der Waals surface area contributed by atoms with Crippen LogP contribution in [0.1, 0.15) is 173 Å². The fourth-order valence-electron chi connectivity index (χ4n) is 10.1. The lowest BCUT2D eigenvalue weighted by molar-refractivity contribution is 0.398. The molecule has 352 valence electrons. The van der Waals surface area contributed by atoms with Gasteiger partial charge in [-0.2, -0.15) is 0 Å². The van der Waals surface area contributed by atoms with E-state index in [-0.39, 0.29) is 69.7 Å². The summed E-state index contributed by atoms with van der Waals surface area (Å²) in [5.41, 5.74) is 4.11. The molecule has 0 aliphatic heterocycles. The zero-order valence-electron chi connectivity index (χ0n) is 37.6. The lowest BCUT2D eigenvalue weighted by atomic mass is 9.74. The van der Waals surface area contributed by atoms with Crippen LogP contribution in [0, 0.1) is 23.7 Å². The van der Waals surface area contributed by atoms with Gasteiger partial charge < -0.3 is 40.9 Å². The summed E-state index contributed by atoms with van der Waals surface area (Å²) in [6.45, 7) is 8.68. The molecule has 4 aromatic rings. The first-order valence-corrected chi connectivity index (χ1v) is 29.1. The summed E-state index contributed by atoms with van der Waals surface area (Å²) < 4.78 is 3.94. The van der Waals surface area contributed by atoms with E-state index in [1.54, 1.807) is 0 Å². The van der Waals surface area contributed by atoms with Crippen LogP contribution in [0.15, 0.2) is 48.5 Å². The van der Waals surface area contributed by atoms with Gasteiger partial charge in [-0.1, -0.05) is 118 Å². The molecule has 0 aromatic heterocycles. The molecular formula is C52H68I4O8. The van der Waals surface area contributed by atoms with Gasteiger partial charge in [0.15, 0.2) is 0 Å². The molecule has 0 unspecified atom stereocenters. The van der Waals surface area contributed by atoms with E-state index in [2.05, 4.69) is 118 Å². The van der Waals surface area contributed by atoms with Crippen molar-refractivity contribution in [3.63, 3.8) is 0 Å². The molecule has 1 aliphatic carbocycles. The Balaban J connectivity index is 1.96. The maximum absolute atomic E-state index is 11.9. The van der Waals surface area contributed by atoms with Gasteiger partial charge in [-0.05, 0) is 143 Å². The number of rotatable bonds is 20. The second-order valence-corrected chi connectivity index (χ2v) is 23.1. The molecule has 0 radical (unpaired) electrons. The largest absolute Gasteiger partial charge is 0.508 e. The van der Waals surface area contributed by atoms with Crippen LogP contribution in [0.4, 0.5) is 0 Å². The number of aromatic hydroxyl groups is 8. The van der Waals surface area contributed by atoms with Gasteiger partial charge >= 0.3 is 0 Å². The number of benzene rings is 4. The standard InChI is InChI=1S/C52H68I4O8/c1-29(9-5-13-53)17-33-37-21-39(47(59)25-45(37)57)34(18-30(2)10-6-14-54)41-23-43(51(63)27-49(41)61)36(20-32(4)12-8-16-56)44-24-42(50(62)28-52(44)64)35(19-31(3)11-7-15-55)40-22-38(33)46(58)26-48(40)60/h21-36,57-64H,5-20H2,1-4H3/t29-,30-,31-,32-,33?,34?,35?,36?/m0/s1. The molecule has 1 aliphatic rings. The minimum atomic E-state index is -0.577. The van der Waals surface area contributed by atoms with Crippen LogP contribution < -0.4 is 0 Å². The number of hydrogen-bond donors (Lipinski definition) is 8. The zero-order chi connectivity index (χ0) is 46.8. The molecule has 4 aromatic carbocycles. The summed E-state index contributed by atoms with van der Waals surface area (Å²) in [5.74, 6) is -2.66. The molecule has 0 heterocycles. The summed E-state index contributed by atoms with van der Waals surface area (Å²) in [6, 6.07) is 12.9. The first-order valence-electron chi connectivity index (χ1n) is 23.0. The fourth-order valence-corrected chi connectivity index (χ4v) is 11.9. The van der Waals surface area contributed by atoms with E-state index in [4.69, 9.17) is 0 Å². The summed E-state index contributed by atoms with van der Waals surface area (Å²) >= 11 is 9.53. The molecule has 8 nitrogen and oxygen atoms in total. The van der Waals surface area contributed by atoms with Crippen molar-refractivity contribution >= 4 is 90.4 Å². The number of phenolic OH excluding ortho intramolecular Hbond substituents is 8. The Kier molecular flexibility index (Phi) is 20.8. The Morgan fingerprint density at radius 3 is 0.609 bits per heavy atom. The SMILES string of the molecule is C[C@@H](CCCI)CC1c2cc(c(O)cc2O)C(C[C@@H](C)CCCI)c2cc(c(O)cc2O)C(C[C@@H](C)CCCI)c2cc(c(O)cc2O)C(C[C@@H](C)CCCI)c2cc1c(O)cc2O. The van der Waals surface area contributed by atoms with Crippen molar-refractivity contribution in [3.8, 4) is 46.0 Å². The molecular weight excluding hydrogens is 1260 g/mol. The highest BCUT2D eigenvalue weighted by molar-refractivity contribution is 14.1. The summed E-state index contributed by atoms with van der Waals surface area (Å²) in [5, 5.41) is 95.5. The highest BCUT2D eigenvalue weighted by atomic mass is 127. The average molecular weight is 1330 g/mol. The summed E-state index contributed by atoms with van der Waals surface area (Å²) in [7, 11) is 0. The van der Waals surface area contributed by atoms with E-state index in [0.717, 1.165) is 69.1 Å². The van der Waals surface area contributed by atoms with Crippen LogP contribution in [0.5, 0.6) is 46.0 Å².